The van der Waals surface area contributed by atoms with Crippen molar-refractivity contribution in [3.63, 3.8) is 0 Å². The number of nitrogens with two attached hydrogens (primary N) is 1. The number of nitrogen functional groups attached to an aromatic ring is 1. The second-order valence-corrected chi connectivity index (χ2v) is 6.30. The molecule has 1 heterocycles. The predicted octanol–water partition coefficient (Wildman–Crippen LogP) is 3.87. The van der Waals surface area contributed by atoms with Gasteiger partial charge in [0, 0.05) is 5.02 Å². The summed E-state index contributed by atoms with van der Waals surface area (Å²) < 4.78 is 10.5. The third-order valence-electron chi connectivity index (χ3n) is 3.54. The van der Waals surface area contributed by atoms with E-state index in [2.05, 4.69) is 20.3 Å². The Morgan fingerprint density at radius 3 is 2.68 bits per heavy atom. The van der Waals surface area contributed by atoms with Gasteiger partial charge in [-0.25, -0.2) is 4.79 Å². The fourth-order valence-corrected chi connectivity index (χ4v) is 2.78. The number of halogens is 2. The molecule has 0 saturated carbocycles. The van der Waals surface area contributed by atoms with E-state index in [1.54, 1.807) is 25.3 Å². The lowest BCUT2D eigenvalue weighted by Gasteiger charge is -2.11. The number of nitrogens with zero attached hydrogens (tertiary/aromatic N) is 3. The Labute approximate surface area is 170 Å². The molecule has 0 fully saturated rings. The lowest BCUT2D eigenvalue weighted by Crippen LogP contribution is -2.11. The molecule has 0 saturated heterocycles. The molecular formula is C18H15Cl2N5O3. The van der Waals surface area contributed by atoms with Crippen molar-refractivity contribution in [1.29, 1.82) is 0 Å². The molecule has 2 aromatic carbocycles. The molecule has 144 valence electrons. The van der Waals surface area contributed by atoms with Gasteiger partial charge in [-0.15, -0.1) is 0 Å². The number of benzene rings is 2. The first kappa shape index (κ1) is 19.7. The topological polar surface area (TPSA) is 112 Å². The monoisotopic (exact) mass is 419 g/mol. The summed E-state index contributed by atoms with van der Waals surface area (Å²) in [4.78, 5) is 24.4. The molecular weight excluding hydrogens is 405 g/mol. The number of carbonyl (C=O) groups excluding carboxylic acids is 1. The molecule has 0 amide bonds. The van der Waals surface area contributed by atoms with Crippen LogP contribution >= 0.6 is 23.2 Å². The van der Waals surface area contributed by atoms with Crippen molar-refractivity contribution in [2.75, 3.05) is 18.2 Å². The quantitative estimate of drug-likeness (QED) is 0.578. The van der Waals surface area contributed by atoms with Crippen molar-refractivity contribution in [3.05, 3.63) is 63.9 Å². The molecule has 28 heavy (non-hydrogen) atoms. The van der Waals surface area contributed by atoms with Crippen molar-refractivity contribution in [2.45, 2.75) is 6.61 Å². The molecule has 0 aliphatic heterocycles. The summed E-state index contributed by atoms with van der Waals surface area (Å²) in [5.74, 6) is 0.297. The van der Waals surface area contributed by atoms with Gasteiger partial charge in [-0.1, -0.05) is 35.3 Å². The van der Waals surface area contributed by atoms with Crippen LogP contribution in [0.1, 0.15) is 16.2 Å². The Balaban J connectivity index is 1.73. The number of hydrogen-bond acceptors (Lipinski definition) is 8. The average Bonchev–Trinajstić information content (AvgIpc) is 2.66. The van der Waals surface area contributed by atoms with E-state index >= 15 is 0 Å². The minimum Gasteiger partial charge on any atom is -0.495 e. The number of hydrogen-bond donors (Lipinski definition) is 2. The standard InChI is InChI=1S/C18H15Cl2N5O3/c1-27-14-5-3-2-4-13(14)22-18-24-15(23-17(21)25-18)9-28-16(26)11-7-6-10(19)8-12(11)20/h2-8H,9H2,1H3,(H3,21,22,23,24,25). The van der Waals surface area contributed by atoms with Crippen LogP contribution in [0.15, 0.2) is 42.5 Å². The SMILES string of the molecule is COc1ccccc1Nc1nc(N)nc(COC(=O)c2ccc(Cl)cc2Cl)n1. The average molecular weight is 420 g/mol. The number of nitrogens with one attached hydrogen (secondary N) is 1. The van der Waals surface area contributed by atoms with Gasteiger partial charge in [-0.3, -0.25) is 0 Å². The minimum atomic E-state index is -0.639. The normalized spacial score (nSPS) is 10.4. The van der Waals surface area contributed by atoms with Gasteiger partial charge in [0.05, 0.1) is 23.4 Å². The molecule has 1 aromatic heterocycles. The number of para-hydroxylation sites is 2. The van der Waals surface area contributed by atoms with Crippen molar-refractivity contribution in [2.24, 2.45) is 0 Å². The zero-order valence-corrected chi connectivity index (χ0v) is 16.2. The van der Waals surface area contributed by atoms with Gasteiger partial charge in [-0.2, -0.15) is 15.0 Å². The second kappa shape index (κ2) is 8.73. The van der Waals surface area contributed by atoms with Gasteiger partial charge in [0.15, 0.2) is 12.4 Å². The molecule has 0 aliphatic carbocycles. The predicted molar refractivity (Wildman–Crippen MR) is 106 cm³/mol. The van der Waals surface area contributed by atoms with Crippen LogP contribution < -0.4 is 15.8 Å². The Hall–Kier alpha value is -3.10. The molecule has 3 N–H and O–H groups in total. The summed E-state index contributed by atoms with van der Waals surface area (Å²) in [5, 5.41) is 3.60. The Morgan fingerprint density at radius 1 is 1.14 bits per heavy atom. The molecule has 3 aromatic rings. The molecule has 0 spiro atoms. The number of rotatable bonds is 6. The van der Waals surface area contributed by atoms with E-state index in [-0.39, 0.29) is 34.9 Å². The molecule has 0 bridgehead atoms. The maximum Gasteiger partial charge on any atom is 0.340 e. The van der Waals surface area contributed by atoms with Gasteiger partial charge >= 0.3 is 5.97 Å². The molecule has 0 atom stereocenters. The molecule has 0 radical (unpaired) electrons. The fraction of sp³-hybridized carbons (Fsp3) is 0.111. The van der Waals surface area contributed by atoms with Crippen LogP contribution in [0.4, 0.5) is 17.6 Å². The summed E-state index contributed by atoms with van der Waals surface area (Å²) in [6.45, 7) is -0.217. The largest absolute Gasteiger partial charge is 0.495 e. The highest BCUT2D eigenvalue weighted by atomic mass is 35.5. The molecule has 0 aliphatic rings. The van der Waals surface area contributed by atoms with E-state index in [0.29, 0.717) is 16.5 Å². The van der Waals surface area contributed by atoms with Crippen LogP contribution in [0.3, 0.4) is 0 Å². The Morgan fingerprint density at radius 2 is 1.93 bits per heavy atom. The van der Waals surface area contributed by atoms with Gasteiger partial charge in [0.1, 0.15) is 5.75 Å². The summed E-state index contributed by atoms with van der Waals surface area (Å²) in [5.41, 5.74) is 6.56. The van der Waals surface area contributed by atoms with Crippen molar-refractivity contribution in [3.8, 4) is 5.75 Å². The first-order valence-electron chi connectivity index (χ1n) is 7.99. The van der Waals surface area contributed by atoms with Crippen LogP contribution in [0.25, 0.3) is 0 Å². The summed E-state index contributed by atoms with van der Waals surface area (Å²) in [6.07, 6.45) is 0. The van der Waals surface area contributed by atoms with Crippen LogP contribution in [0, 0.1) is 0 Å². The highest BCUT2D eigenvalue weighted by Gasteiger charge is 2.14. The highest BCUT2D eigenvalue weighted by Crippen LogP contribution is 2.26. The highest BCUT2D eigenvalue weighted by molar-refractivity contribution is 6.36. The van der Waals surface area contributed by atoms with E-state index < -0.39 is 5.97 Å². The minimum absolute atomic E-state index is 0.0250. The van der Waals surface area contributed by atoms with Crippen LogP contribution in [0.5, 0.6) is 5.75 Å². The van der Waals surface area contributed by atoms with Crippen molar-refractivity contribution < 1.29 is 14.3 Å². The number of carbonyl (C=O) groups is 1. The van der Waals surface area contributed by atoms with Gasteiger partial charge in [0.25, 0.3) is 0 Å². The summed E-state index contributed by atoms with van der Waals surface area (Å²) in [7, 11) is 1.55. The van der Waals surface area contributed by atoms with Gasteiger partial charge in [-0.05, 0) is 30.3 Å². The number of aromatic nitrogens is 3. The number of methoxy groups -OCH3 is 1. The first-order valence-corrected chi connectivity index (χ1v) is 8.74. The van der Waals surface area contributed by atoms with E-state index in [9.17, 15) is 4.79 Å². The lowest BCUT2D eigenvalue weighted by molar-refractivity contribution is 0.0462. The lowest BCUT2D eigenvalue weighted by atomic mass is 10.2. The number of esters is 1. The number of ether oxygens (including phenoxy) is 2. The second-order valence-electron chi connectivity index (χ2n) is 5.46. The molecule has 0 unspecified atom stereocenters. The third-order valence-corrected chi connectivity index (χ3v) is 4.08. The summed E-state index contributed by atoms with van der Waals surface area (Å²) in [6, 6.07) is 11.7. The maximum atomic E-state index is 12.2. The number of anilines is 3. The fourth-order valence-electron chi connectivity index (χ4n) is 2.29. The molecule has 3 rings (SSSR count). The molecule has 10 heteroatoms. The van der Waals surface area contributed by atoms with E-state index in [0.717, 1.165) is 0 Å². The Bertz CT molecular complexity index is 1020. The third kappa shape index (κ3) is 4.79. The molecule has 8 nitrogen and oxygen atoms in total. The van der Waals surface area contributed by atoms with Crippen molar-refractivity contribution >= 4 is 46.8 Å². The van der Waals surface area contributed by atoms with Crippen LogP contribution in [0.2, 0.25) is 10.0 Å². The summed E-state index contributed by atoms with van der Waals surface area (Å²) >= 11 is 11.8. The maximum absolute atomic E-state index is 12.2. The van der Waals surface area contributed by atoms with Crippen LogP contribution in [-0.2, 0) is 11.3 Å². The Kier molecular flexibility index (Phi) is 6.13. The van der Waals surface area contributed by atoms with E-state index in [1.807, 2.05) is 12.1 Å². The van der Waals surface area contributed by atoms with E-state index in [4.69, 9.17) is 38.4 Å². The van der Waals surface area contributed by atoms with Gasteiger partial charge < -0.3 is 20.5 Å². The first-order chi connectivity index (χ1) is 13.5. The zero-order chi connectivity index (χ0) is 20.1. The zero-order valence-electron chi connectivity index (χ0n) is 14.6. The van der Waals surface area contributed by atoms with E-state index in [1.165, 1.54) is 12.1 Å². The van der Waals surface area contributed by atoms with Gasteiger partial charge in [0.2, 0.25) is 11.9 Å². The van der Waals surface area contributed by atoms with Crippen molar-refractivity contribution in [1.82, 2.24) is 15.0 Å². The van der Waals surface area contributed by atoms with Crippen LogP contribution in [-0.4, -0.2) is 28.0 Å². The smallest absolute Gasteiger partial charge is 0.340 e.